The number of hydrogen-bond donors (Lipinski definition) is 1. The lowest BCUT2D eigenvalue weighted by Crippen LogP contribution is -2.34. The summed E-state index contributed by atoms with van der Waals surface area (Å²) in [7, 11) is 0. The largest absolute Gasteiger partial charge is 0.375 e. The predicted molar refractivity (Wildman–Crippen MR) is 80.2 cm³/mol. The van der Waals surface area contributed by atoms with E-state index in [1.54, 1.807) is 11.3 Å². The Morgan fingerprint density at radius 3 is 2.89 bits per heavy atom. The number of aromatic nitrogens is 1. The van der Waals surface area contributed by atoms with Crippen LogP contribution in [0, 0.1) is 0 Å². The summed E-state index contributed by atoms with van der Waals surface area (Å²) in [5.41, 5.74) is 8.31. The van der Waals surface area contributed by atoms with E-state index in [4.69, 9.17) is 5.73 Å². The molecule has 0 bridgehead atoms. The second-order valence-corrected chi connectivity index (χ2v) is 6.06. The van der Waals surface area contributed by atoms with Crippen molar-refractivity contribution >= 4 is 16.5 Å². The molecule has 19 heavy (non-hydrogen) atoms. The number of nitrogens with zero attached hydrogens (tertiary/aromatic N) is 2. The van der Waals surface area contributed by atoms with E-state index in [0.717, 1.165) is 13.1 Å². The number of rotatable bonds is 3. The zero-order valence-corrected chi connectivity index (χ0v) is 11.8. The quantitative estimate of drug-likeness (QED) is 0.934. The summed E-state index contributed by atoms with van der Waals surface area (Å²) in [6.07, 6.45) is 2.48. The van der Waals surface area contributed by atoms with E-state index in [9.17, 15) is 0 Å². The van der Waals surface area contributed by atoms with Gasteiger partial charge in [-0.15, -0.1) is 11.3 Å². The highest BCUT2D eigenvalue weighted by molar-refractivity contribution is 7.13. The third-order valence-corrected chi connectivity index (χ3v) is 4.40. The first-order valence-electron chi connectivity index (χ1n) is 6.78. The van der Waals surface area contributed by atoms with Gasteiger partial charge in [0.2, 0.25) is 0 Å². The molecule has 3 nitrogen and oxygen atoms in total. The molecule has 2 aromatic rings. The smallest absolute Gasteiger partial charge is 0.180 e. The molecule has 1 aliphatic heterocycles. The number of nitrogen functional groups attached to an aromatic ring is 1. The van der Waals surface area contributed by atoms with Gasteiger partial charge < -0.3 is 5.73 Å². The van der Waals surface area contributed by atoms with Gasteiger partial charge in [-0.2, -0.15) is 0 Å². The molecule has 1 aromatic heterocycles. The van der Waals surface area contributed by atoms with Crippen LogP contribution in [0.25, 0.3) is 0 Å². The molecule has 100 valence electrons. The molecular weight excluding hydrogens is 254 g/mol. The van der Waals surface area contributed by atoms with Crippen LogP contribution in [0.3, 0.4) is 0 Å². The molecule has 1 saturated heterocycles. The Morgan fingerprint density at radius 1 is 1.32 bits per heavy atom. The minimum atomic E-state index is 0.547. The lowest BCUT2D eigenvalue weighted by molar-refractivity contribution is 0.199. The van der Waals surface area contributed by atoms with Crippen molar-refractivity contribution in [3.63, 3.8) is 0 Å². The minimum absolute atomic E-state index is 0.547. The normalized spacial score (nSPS) is 20.5. The number of likely N-dealkylation sites (tertiary alicyclic amines) is 1. The van der Waals surface area contributed by atoms with E-state index >= 15 is 0 Å². The van der Waals surface area contributed by atoms with Crippen molar-refractivity contribution < 1.29 is 0 Å². The lowest BCUT2D eigenvalue weighted by Gasteiger charge is -2.32. The van der Waals surface area contributed by atoms with E-state index in [-0.39, 0.29) is 0 Å². The molecule has 3 rings (SSSR count). The van der Waals surface area contributed by atoms with Crippen LogP contribution in [-0.4, -0.2) is 23.0 Å². The molecule has 4 heteroatoms. The van der Waals surface area contributed by atoms with E-state index < -0.39 is 0 Å². The summed E-state index contributed by atoms with van der Waals surface area (Å²) in [4.78, 5) is 6.97. The van der Waals surface area contributed by atoms with Crippen LogP contribution in [0.1, 0.15) is 30.0 Å². The van der Waals surface area contributed by atoms with Crippen LogP contribution in [0.15, 0.2) is 35.7 Å². The third-order valence-electron chi connectivity index (χ3n) is 3.71. The number of benzene rings is 1. The van der Waals surface area contributed by atoms with Gasteiger partial charge in [-0.25, -0.2) is 4.98 Å². The van der Waals surface area contributed by atoms with Gasteiger partial charge in [-0.3, -0.25) is 4.90 Å². The number of thiazole rings is 1. The van der Waals surface area contributed by atoms with Crippen molar-refractivity contribution in [2.24, 2.45) is 0 Å². The molecule has 2 N–H and O–H groups in total. The van der Waals surface area contributed by atoms with Gasteiger partial charge in [-0.1, -0.05) is 30.3 Å². The molecule has 1 unspecified atom stereocenters. The van der Waals surface area contributed by atoms with Crippen molar-refractivity contribution in [1.82, 2.24) is 9.88 Å². The SMILES string of the molecule is Nc1nc(C2CCCN(Cc3ccccc3)C2)cs1. The molecule has 1 aliphatic rings. The van der Waals surface area contributed by atoms with Gasteiger partial charge in [0.25, 0.3) is 0 Å². The topological polar surface area (TPSA) is 42.1 Å². The fraction of sp³-hybridized carbons (Fsp3) is 0.400. The van der Waals surface area contributed by atoms with Gasteiger partial charge in [0.05, 0.1) is 5.69 Å². The first-order chi connectivity index (χ1) is 9.31. The van der Waals surface area contributed by atoms with Crippen LogP contribution in [0.4, 0.5) is 5.13 Å². The summed E-state index contributed by atoms with van der Waals surface area (Å²) in [6.45, 7) is 3.32. The monoisotopic (exact) mass is 273 g/mol. The first kappa shape index (κ1) is 12.6. The van der Waals surface area contributed by atoms with E-state index in [2.05, 4.69) is 45.6 Å². The maximum Gasteiger partial charge on any atom is 0.180 e. The Morgan fingerprint density at radius 2 is 2.16 bits per heavy atom. The third kappa shape index (κ3) is 3.14. The molecule has 2 heterocycles. The standard InChI is InChI=1S/C15H19N3S/c16-15-17-14(11-19-15)13-7-4-8-18(10-13)9-12-5-2-1-3-6-12/h1-3,5-6,11,13H,4,7-10H2,(H2,16,17). The van der Waals surface area contributed by atoms with Crippen LogP contribution in [0.2, 0.25) is 0 Å². The molecule has 0 radical (unpaired) electrons. The number of hydrogen-bond acceptors (Lipinski definition) is 4. The fourth-order valence-corrected chi connectivity index (χ4v) is 3.42. The summed E-state index contributed by atoms with van der Waals surface area (Å²) in [5, 5.41) is 2.81. The molecular formula is C15H19N3S. The van der Waals surface area contributed by atoms with Crippen molar-refractivity contribution in [3.8, 4) is 0 Å². The summed E-state index contributed by atoms with van der Waals surface area (Å²) < 4.78 is 0. The minimum Gasteiger partial charge on any atom is -0.375 e. The van der Waals surface area contributed by atoms with Gasteiger partial charge in [-0.05, 0) is 24.9 Å². The van der Waals surface area contributed by atoms with Gasteiger partial charge in [0, 0.05) is 24.4 Å². The highest BCUT2D eigenvalue weighted by atomic mass is 32.1. The number of nitrogens with two attached hydrogens (primary N) is 1. The van der Waals surface area contributed by atoms with Crippen LogP contribution in [0.5, 0.6) is 0 Å². The fourth-order valence-electron chi connectivity index (χ4n) is 2.77. The predicted octanol–water partition coefficient (Wildman–Crippen LogP) is 3.10. The summed E-state index contributed by atoms with van der Waals surface area (Å²) >= 11 is 1.55. The molecule has 0 spiro atoms. The van der Waals surface area contributed by atoms with Gasteiger partial charge in [0.1, 0.15) is 0 Å². The lowest BCUT2D eigenvalue weighted by atomic mass is 9.95. The van der Waals surface area contributed by atoms with Crippen molar-refractivity contribution in [2.45, 2.75) is 25.3 Å². The Kier molecular flexibility index (Phi) is 3.80. The van der Waals surface area contributed by atoms with Crippen molar-refractivity contribution in [1.29, 1.82) is 0 Å². The van der Waals surface area contributed by atoms with Gasteiger partial charge >= 0.3 is 0 Å². The van der Waals surface area contributed by atoms with Gasteiger partial charge in [0.15, 0.2) is 5.13 Å². The van der Waals surface area contributed by atoms with Crippen LogP contribution in [-0.2, 0) is 6.54 Å². The van der Waals surface area contributed by atoms with E-state index in [0.29, 0.717) is 11.0 Å². The molecule has 1 atom stereocenters. The van der Waals surface area contributed by atoms with E-state index in [1.165, 1.54) is 30.6 Å². The number of piperidine rings is 1. The van der Waals surface area contributed by atoms with Crippen molar-refractivity contribution in [3.05, 3.63) is 47.0 Å². The second-order valence-electron chi connectivity index (χ2n) is 5.17. The highest BCUT2D eigenvalue weighted by Crippen LogP contribution is 2.29. The molecule has 0 aliphatic carbocycles. The maximum absolute atomic E-state index is 5.74. The Bertz CT molecular complexity index is 523. The zero-order valence-electron chi connectivity index (χ0n) is 11.0. The maximum atomic E-state index is 5.74. The Hall–Kier alpha value is -1.39. The Balaban J connectivity index is 1.65. The average molecular weight is 273 g/mol. The van der Waals surface area contributed by atoms with E-state index in [1.807, 2.05) is 0 Å². The highest BCUT2D eigenvalue weighted by Gasteiger charge is 2.23. The average Bonchev–Trinajstić information content (AvgIpc) is 2.87. The molecule has 0 saturated carbocycles. The molecule has 1 fully saturated rings. The second kappa shape index (κ2) is 5.72. The summed E-state index contributed by atoms with van der Waals surface area (Å²) in [5.74, 6) is 0.547. The molecule has 0 amide bonds. The van der Waals surface area contributed by atoms with Crippen LogP contribution >= 0.6 is 11.3 Å². The zero-order chi connectivity index (χ0) is 13.1. The van der Waals surface area contributed by atoms with Crippen molar-refractivity contribution in [2.75, 3.05) is 18.8 Å². The number of anilines is 1. The van der Waals surface area contributed by atoms with Crippen LogP contribution < -0.4 is 5.73 Å². The molecule has 1 aromatic carbocycles. The Labute approximate surface area is 118 Å². The first-order valence-corrected chi connectivity index (χ1v) is 7.66. The summed E-state index contributed by atoms with van der Waals surface area (Å²) in [6, 6.07) is 10.7.